The third-order valence-electron chi connectivity index (χ3n) is 4.37. The first-order valence-electron chi connectivity index (χ1n) is 9.32. The highest BCUT2D eigenvalue weighted by Crippen LogP contribution is 2.15. The molecular formula is C22H27N3O3. The highest BCUT2D eigenvalue weighted by molar-refractivity contribution is 5.27. The van der Waals surface area contributed by atoms with Gasteiger partial charge in [0, 0.05) is 32.5 Å². The van der Waals surface area contributed by atoms with Crippen molar-refractivity contribution in [2.24, 2.45) is 7.05 Å². The number of aliphatic hydroxyl groups excluding tert-OH is 1. The maximum atomic E-state index is 10.2. The van der Waals surface area contributed by atoms with Gasteiger partial charge >= 0.3 is 0 Å². The van der Waals surface area contributed by atoms with E-state index in [4.69, 9.17) is 9.47 Å². The molecule has 1 heterocycles. The molecule has 0 amide bonds. The summed E-state index contributed by atoms with van der Waals surface area (Å²) in [5, 5.41) is 10.2. The van der Waals surface area contributed by atoms with E-state index in [1.165, 1.54) is 0 Å². The maximum Gasteiger partial charge on any atom is 0.146 e. The molecule has 3 aromatic rings. The Labute approximate surface area is 166 Å². The van der Waals surface area contributed by atoms with Gasteiger partial charge in [0.1, 0.15) is 36.6 Å². The van der Waals surface area contributed by atoms with Gasteiger partial charge in [0.05, 0.1) is 0 Å². The van der Waals surface area contributed by atoms with Crippen LogP contribution >= 0.6 is 0 Å². The van der Waals surface area contributed by atoms with E-state index >= 15 is 0 Å². The number of aliphatic hydroxyl groups is 1. The lowest BCUT2D eigenvalue weighted by Crippen LogP contribution is -2.32. The average molecular weight is 381 g/mol. The van der Waals surface area contributed by atoms with Crippen LogP contribution in [-0.4, -0.2) is 45.9 Å². The predicted octanol–water partition coefficient (Wildman–Crippen LogP) is 2.87. The summed E-state index contributed by atoms with van der Waals surface area (Å²) in [6, 6.07) is 17.5. The zero-order chi connectivity index (χ0) is 19.8. The van der Waals surface area contributed by atoms with Gasteiger partial charge in [0.15, 0.2) is 0 Å². The minimum Gasteiger partial charge on any atom is -0.491 e. The highest BCUT2D eigenvalue weighted by Gasteiger charge is 2.10. The Kier molecular flexibility index (Phi) is 7.06. The number of imidazole rings is 1. The molecule has 6 heteroatoms. The number of aryl methyl sites for hydroxylation is 1. The number of ether oxygens (including phenoxy) is 2. The largest absolute Gasteiger partial charge is 0.491 e. The third-order valence-corrected chi connectivity index (χ3v) is 4.37. The molecule has 2 aromatic carbocycles. The van der Waals surface area contributed by atoms with Crippen LogP contribution in [0, 0.1) is 0 Å². The minimum atomic E-state index is -0.550. The molecule has 0 saturated carbocycles. The molecule has 0 spiro atoms. The first kappa shape index (κ1) is 19.9. The van der Waals surface area contributed by atoms with Crippen molar-refractivity contribution in [2.45, 2.75) is 19.3 Å². The zero-order valence-electron chi connectivity index (χ0n) is 16.4. The summed E-state index contributed by atoms with van der Waals surface area (Å²) < 4.78 is 13.3. The molecule has 6 nitrogen and oxygen atoms in total. The van der Waals surface area contributed by atoms with Crippen molar-refractivity contribution in [3.05, 3.63) is 78.4 Å². The SMILES string of the molecule is CN(Cc1ccc(OCc2nccn2C)cc1)CC(O)COc1ccccc1. The number of para-hydroxylation sites is 1. The van der Waals surface area contributed by atoms with Crippen molar-refractivity contribution in [3.63, 3.8) is 0 Å². The quantitative estimate of drug-likeness (QED) is 0.585. The van der Waals surface area contributed by atoms with Crippen LogP contribution < -0.4 is 9.47 Å². The molecule has 28 heavy (non-hydrogen) atoms. The molecule has 1 unspecified atom stereocenters. The first-order chi connectivity index (χ1) is 13.6. The van der Waals surface area contributed by atoms with Gasteiger partial charge in [-0.05, 0) is 36.9 Å². The molecule has 0 aliphatic carbocycles. The summed E-state index contributed by atoms with van der Waals surface area (Å²) in [4.78, 5) is 6.32. The van der Waals surface area contributed by atoms with Gasteiger partial charge < -0.3 is 19.1 Å². The fraction of sp³-hybridized carbons (Fsp3) is 0.318. The van der Waals surface area contributed by atoms with Gasteiger partial charge in [-0.15, -0.1) is 0 Å². The molecule has 0 saturated heterocycles. The van der Waals surface area contributed by atoms with Gasteiger partial charge in [-0.25, -0.2) is 4.98 Å². The van der Waals surface area contributed by atoms with Crippen molar-refractivity contribution in [2.75, 3.05) is 20.2 Å². The van der Waals surface area contributed by atoms with E-state index in [1.807, 2.05) is 79.5 Å². The minimum absolute atomic E-state index is 0.272. The molecule has 1 aromatic heterocycles. The number of nitrogens with zero attached hydrogens (tertiary/aromatic N) is 3. The second-order valence-corrected chi connectivity index (χ2v) is 6.86. The molecule has 0 aliphatic heterocycles. The third kappa shape index (κ3) is 6.11. The number of hydrogen-bond donors (Lipinski definition) is 1. The molecule has 148 valence electrons. The van der Waals surface area contributed by atoms with E-state index in [2.05, 4.69) is 9.88 Å². The molecule has 1 atom stereocenters. The molecule has 1 N–H and O–H groups in total. The lowest BCUT2D eigenvalue weighted by atomic mass is 10.2. The van der Waals surface area contributed by atoms with Crippen LogP contribution in [0.25, 0.3) is 0 Å². The number of hydrogen-bond acceptors (Lipinski definition) is 5. The van der Waals surface area contributed by atoms with Crippen molar-refractivity contribution in [1.82, 2.24) is 14.5 Å². The standard InChI is InChI=1S/C22H27N3O3/c1-24(15-19(26)16-27-20-6-4-3-5-7-20)14-18-8-10-21(11-9-18)28-17-22-23-12-13-25(22)2/h3-13,19,26H,14-17H2,1-2H3. The number of likely N-dealkylation sites (N-methyl/N-ethyl adjacent to an activating group) is 1. The number of benzene rings is 2. The van der Waals surface area contributed by atoms with Gasteiger partial charge in [0.2, 0.25) is 0 Å². The summed E-state index contributed by atoms with van der Waals surface area (Å²) in [5.74, 6) is 2.46. The summed E-state index contributed by atoms with van der Waals surface area (Å²) in [6.07, 6.45) is 3.11. The van der Waals surface area contributed by atoms with Crippen LogP contribution in [0.2, 0.25) is 0 Å². The van der Waals surface area contributed by atoms with E-state index in [0.29, 0.717) is 13.2 Å². The lowest BCUT2D eigenvalue weighted by molar-refractivity contribution is 0.0744. The molecular weight excluding hydrogens is 354 g/mol. The van der Waals surface area contributed by atoms with E-state index in [1.54, 1.807) is 6.20 Å². The van der Waals surface area contributed by atoms with Gasteiger partial charge in [-0.2, -0.15) is 0 Å². The molecule has 0 fully saturated rings. The Bertz CT molecular complexity index is 834. The Morgan fingerprint density at radius 2 is 1.75 bits per heavy atom. The molecule has 0 bridgehead atoms. The predicted molar refractivity (Wildman–Crippen MR) is 108 cm³/mol. The van der Waals surface area contributed by atoms with E-state index in [0.717, 1.165) is 29.4 Å². The average Bonchev–Trinajstić information content (AvgIpc) is 3.11. The monoisotopic (exact) mass is 381 g/mol. The maximum absolute atomic E-state index is 10.2. The van der Waals surface area contributed by atoms with Crippen LogP contribution in [-0.2, 0) is 20.2 Å². The Morgan fingerprint density at radius 1 is 1.04 bits per heavy atom. The Hall–Kier alpha value is -2.83. The molecule has 0 aliphatic rings. The van der Waals surface area contributed by atoms with Crippen molar-refractivity contribution in [3.8, 4) is 11.5 Å². The van der Waals surface area contributed by atoms with Gasteiger partial charge in [-0.3, -0.25) is 4.90 Å². The van der Waals surface area contributed by atoms with Gasteiger partial charge in [0.25, 0.3) is 0 Å². The fourth-order valence-electron chi connectivity index (χ4n) is 2.87. The second kappa shape index (κ2) is 9.92. The van der Waals surface area contributed by atoms with Crippen molar-refractivity contribution in [1.29, 1.82) is 0 Å². The van der Waals surface area contributed by atoms with E-state index in [-0.39, 0.29) is 6.61 Å². The first-order valence-corrected chi connectivity index (χ1v) is 9.32. The number of rotatable bonds is 10. The van der Waals surface area contributed by atoms with Crippen LogP contribution in [0.5, 0.6) is 11.5 Å². The molecule has 0 radical (unpaired) electrons. The van der Waals surface area contributed by atoms with Crippen LogP contribution in [0.3, 0.4) is 0 Å². The summed E-state index contributed by atoms with van der Waals surface area (Å²) in [7, 11) is 3.93. The second-order valence-electron chi connectivity index (χ2n) is 6.86. The van der Waals surface area contributed by atoms with E-state index in [9.17, 15) is 5.11 Å². The van der Waals surface area contributed by atoms with E-state index < -0.39 is 6.10 Å². The zero-order valence-corrected chi connectivity index (χ0v) is 16.4. The van der Waals surface area contributed by atoms with Crippen LogP contribution in [0.15, 0.2) is 67.0 Å². The van der Waals surface area contributed by atoms with Crippen LogP contribution in [0.1, 0.15) is 11.4 Å². The molecule has 3 rings (SSSR count). The topological polar surface area (TPSA) is 59.8 Å². The Morgan fingerprint density at radius 3 is 2.43 bits per heavy atom. The number of aromatic nitrogens is 2. The smallest absolute Gasteiger partial charge is 0.146 e. The van der Waals surface area contributed by atoms with Crippen LogP contribution in [0.4, 0.5) is 0 Å². The summed E-state index contributed by atoms with van der Waals surface area (Å²) in [6.45, 7) is 1.98. The van der Waals surface area contributed by atoms with Crippen molar-refractivity contribution < 1.29 is 14.6 Å². The summed E-state index contributed by atoms with van der Waals surface area (Å²) in [5.41, 5.74) is 1.16. The Balaban J connectivity index is 1.41. The normalized spacial score (nSPS) is 12.1. The van der Waals surface area contributed by atoms with Crippen molar-refractivity contribution >= 4 is 0 Å². The summed E-state index contributed by atoms with van der Waals surface area (Å²) >= 11 is 0. The van der Waals surface area contributed by atoms with Gasteiger partial charge in [-0.1, -0.05) is 30.3 Å². The lowest BCUT2D eigenvalue weighted by Gasteiger charge is -2.21. The fourth-order valence-corrected chi connectivity index (χ4v) is 2.87. The highest BCUT2D eigenvalue weighted by atomic mass is 16.5.